The molecule has 0 aromatic heterocycles. The number of carbonyl (C=O) groups is 2. The molecule has 2 fully saturated rings. The van der Waals surface area contributed by atoms with Crippen molar-refractivity contribution in [1.29, 1.82) is 0 Å². The number of benzene rings is 1. The van der Waals surface area contributed by atoms with Crippen molar-refractivity contribution in [2.45, 2.75) is 32.6 Å². The second-order valence-corrected chi connectivity index (χ2v) is 7.35. The van der Waals surface area contributed by atoms with E-state index in [4.69, 9.17) is 16.3 Å². The quantitative estimate of drug-likeness (QED) is 0.895. The highest BCUT2D eigenvalue weighted by Crippen LogP contribution is 2.25. The van der Waals surface area contributed by atoms with E-state index in [9.17, 15) is 9.59 Å². The van der Waals surface area contributed by atoms with E-state index >= 15 is 0 Å². The van der Waals surface area contributed by atoms with Gasteiger partial charge >= 0.3 is 0 Å². The third-order valence-electron chi connectivity index (χ3n) is 5.19. The molecule has 5 nitrogen and oxygen atoms in total. The first-order chi connectivity index (χ1) is 12.0. The number of hydrogen-bond acceptors (Lipinski definition) is 3. The van der Waals surface area contributed by atoms with Gasteiger partial charge in [-0.2, -0.15) is 0 Å². The van der Waals surface area contributed by atoms with E-state index < -0.39 is 0 Å². The number of aryl methyl sites for hydroxylation is 1. The van der Waals surface area contributed by atoms with Crippen molar-refractivity contribution in [3.8, 4) is 0 Å². The molecule has 136 valence electrons. The number of hydrogen-bond donors (Lipinski definition) is 1. The predicted octanol–water partition coefficient (Wildman–Crippen LogP) is 3.25. The number of rotatable bonds is 3. The Kier molecular flexibility index (Phi) is 5.97. The molecule has 25 heavy (non-hydrogen) atoms. The number of piperidine rings is 1. The monoisotopic (exact) mass is 364 g/mol. The standard InChI is InChI=1S/C19H25ClN2O3/c1-13-2-3-16(12-17(13)20)21-18(23)14-4-8-22(9-5-14)19(24)15-6-10-25-11-7-15/h2-3,12,14-15H,4-11H2,1H3,(H,21,23). The van der Waals surface area contributed by atoms with Crippen molar-refractivity contribution in [3.05, 3.63) is 28.8 Å². The van der Waals surface area contributed by atoms with Gasteiger partial charge in [0.15, 0.2) is 0 Å². The minimum Gasteiger partial charge on any atom is -0.381 e. The van der Waals surface area contributed by atoms with Crippen molar-refractivity contribution >= 4 is 29.1 Å². The van der Waals surface area contributed by atoms with Crippen LogP contribution in [0.3, 0.4) is 0 Å². The second kappa shape index (κ2) is 8.19. The molecule has 2 saturated heterocycles. The van der Waals surface area contributed by atoms with Crippen LogP contribution in [0.1, 0.15) is 31.2 Å². The molecular weight excluding hydrogens is 340 g/mol. The van der Waals surface area contributed by atoms with E-state index in [-0.39, 0.29) is 23.7 Å². The molecule has 0 aliphatic carbocycles. The highest BCUT2D eigenvalue weighted by atomic mass is 35.5. The van der Waals surface area contributed by atoms with Gasteiger partial charge in [0.05, 0.1) is 0 Å². The van der Waals surface area contributed by atoms with E-state index in [1.54, 1.807) is 6.07 Å². The Morgan fingerprint density at radius 2 is 1.80 bits per heavy atom. The summed E-state index contributed by atoms with van der Waals surface area (Å²) in [6.07, 6.45) is 3.04. The molecule has 0 bridgehead atoms. The van der Waals surface area contributed by atoms with Crippen LogP contribution in [0.15, 0.2) is 18.2 Å². The number of carbonyl (C=O) groups excluding carboxylic acids is 2. The van der Waals surface area contributed by atoms with Crippen LogP contribution in [-0.4, -0.2) is 43.0 Å². The molecule has 0 saturated carbocycles. The normalized spacial score (nSPS) is 19.7. The van der Waals surface area contributed by atoms with Gasteiger partial charge in [-0.25, -0.2) is 0 Å². The number of anilines is 1. The van der Waals surface area contributed by atoms with E-state index in [1.165, 1.54) is 0 Å². The van der Waals surface area contributed by atoms with E-state index in [1.807, 2.05) is 24.0 Å². The third kappa shape index (κ3) is 4.53. The smallest absolute Gasteiger partial charge is 0.227 e. The summed E-state index contributed by atoms with van der Waals surface area (Å²) in [5.41, 5.74) is 1.71. The fourth-order valence-electron chi connectivity index (χ4n) is 3.48. The lowest BCUT2D eigenvalue weighted by Crippen LogP contribution is -2.45. The Balaban J connectivity index is 1.50. The van der Waals surface area contributed by atoms with Gasteiger partial charge in [0.2, 0.25) is 11.8 Å². The minimum atomic E-state index is -0.0567. The summed E-state index contributed by atoms with van der Waals surface area (Å²) < 4.78 is 5.32. The van der Waals surface area contributed by atoms with Crippen LogP contribution in [0.5, 0.6) is 0 Å². The number of nitrogens with one attached hydrogen (secondary N) is 1. The van der Waals surface area contributed by atoms with Crippen LogP contribution in [0.4, 0.5) is 5.69 Å². The number of nitrogens with zero attached hydrogens (tertiary/aromatic N) is 1. The Morgan fingerprint density at radius 3 is 2.44 bits per heavy atom. The maximum Gasteiger partial charge on any atom is 0.227 e. The Bertz CT molecular complexity index is 636. The topological polar surface area (TPSA) is 58.6 Å². The molecule has 1 N–H and O–H groups in total. The van der Waals surface area contributed by atoms with Crippen molar-refractivity contribution in [2.24, 2.45) is 11.8 Å². The van der Waals surface area contributed by atoms with Crippen LogP contribution in [0.25, 0.3) is 0 Å². The van der Waals surface area contributed by atoms with Gasteiger partial charge in [-0.3, -0.25) is 9.59 Å². The summed E-state index contributed by atoms with van der Waals surface area (Å²) in [7, 11) is 0. The molecule has 0 unspecified atom stereocenters. The average Bonchev–Trinajstić information content (AvgIpc) is 2.65. The van der Waals surface area contributed by atoms with Gasteiger partial charge in [0, 0.05) is 48.8 Å². The second-order valence-electron chi connectivity index (χ2n) is 6.94. The molecule has 6 heteroatoms. The Labute approximate surface area is 153 Å². The lowest BCUT2D eigenvalue weighted by atomic mass is 9.93. The molecule has 2 heterocycles. The van der Waals surface area contributed by atoms with Crippen molar-refractivity contribution < 1.29 is 14.3 Å². The van der Waals surface area contributed by atoms with Gasteiger partial charge in [-0.05, 0) is 50.3 Å². The zero-order chi connectivity index (χ0) is 17.8. The van der Waals surface area contributed by atoms with Gasteiger partial charge in [0.1, 0.15) is 0 Å². The van der Waals surface area contributed by atoms with Gasteiger partial charge in [0.25, 0.3) is 0 Å². The zero-order valence-corrected chi connectivity index (χ0v) is 15.3. The van der Waals surface area contributed by atoms with E-state index in [2.05, 4.69) is 5.32 Å². The van der Waals surface area contributed by atoms with Crippen LogP contribution in [0.2, 0.25) is 5.02 Å². The van der Waals surface area contributed by atoms with Crippen LogP contribution >= 0.6 is 11.6 Å². The Morgan fingerprint density at radius 1 is 1.12 bits per heavy atom. The molecular formula is C19H25ClN2O3. The van der Waals surface area contributed by atoms with E-state index in [0.29, 0.717) is 44.2 Å². The van der Waals surface area contributed by atoms with Crippen LogP contribution < -0.4 is 5.32 Å². The molecule has 1 aromatic carbocycles. The lowest BCUT2D eigenvalue weighted by molar-refractivity contribution is -0.141. The summed E-state index contributed by atoms with van der Waals surface area (Å²) in [4.78, 5) is 26.9. The van der Waals surface area contributed by atoms with Crippen LogP contribution in [0, 0.1) is 18.8 Å². The number of amides is 2. The Hall–Kier alpha value is -1.59. The number of likely N-dealkylation sites (tertiary alicyclic amines) is 1. The average molecular weight is 365 g/mol. The lowest BCUT2D eigenvalue weighted by Gasteiger charge is -2.34. The summed E-state index contributed by atoms with van der Waals surface area (Å²) >= 11 is 6.11. The fraction of sp³-hybridized carbons (Fsp3) is 0.579. The fourth-order valence-corrected chi connectivity index (χ4v) is 3.66. The summed E-state index contributed by atoms with van der Waals surface area (Å²) in [6, 6.07) is 5.54. The first kappa shape index (κ1) is 18.2. The van der Waals surface area contributed by atoms with Crippen molar-refractivity contribution in [2.75, 3.05) is 31.6 Å². The SMILES string of the molecule is Cc1ccc(NC(=O)C2CCN(C(=O)C3CCOCC3)CC2)cc1Cl. The first-order valence-electron chi connectivity index (χ1n) is 8.98. The maximum absolute atomic E-state index is 12.5. The van der Waals surface area contributed by atoms with Gasteiger partial charge in [-0.15, -0.1) is 0 Å². The number of halogens is 1. The highest BCUT2D eigenvalue weighted by Gasteiger charge is 2.31. The van der Waals surface area contributed by atoms with Gasteiger partial charge in [-0.1, -0.05) is 17.7 Å². The van der Waals surface area contributed by atoms with Crippen molar-refractivity contribution in [3.63, 3.8) is 0 Å². The summed E-state index contributed by atoms with van der Waals surface area (Å²) in [5.74, 6) is 0.276. The van der Waals surface area contributed by atoms with E-state index in [0.717, 1.165) is 24.1 Å². The van der Waals surface area contributed by atoms with Crippen LogP contribution in [-0.2, 0) is 14.3 Å². The molecule has 0 atom stereocenters. The number of ether oxygens (including phenoxy) is 1. The third-order valence-corrected chi connectivity index (χ3v) is 5.59. The van der Waals surface area contributed by atoms with Crippen molar-refractivity contribution in [1.82, 2.24) is 4.90 Å². The first-order valence-corrected chi connectivity index (χ1v) is 9.36. The predicted molar refractivity (Wildman–Crippen MR) is 97.7 cm³/mol. The molecule has 1 aromatic rings. The molecule has 0 spiro atoms. The zero-order valence-electron chi connectivity index (χ0n) is 14.6. The molecule has 0 radical (unpaired) electrons. The summed E-state index contributed by atoms with van der Waals surface area (Å²) in [5, 5.41) is 3.59. The van der Waals surface area contributed by atoms with Gasteiger partial charge < -0.3 is 15.0 Å². The highest BCUT2D eigenvalue weighted by molar-refractivity contribution is 6.31. The molecule has 2 aliphatic heterocycles. The molecule has 2 aliphatic rings. The molecule has 3 rings (SSSR count). The molecule has 2 amide bonds. The summed E-state index contributed by atoms with van der Waals surface area (Å²) in [6.45, 7) is 4.59. The maximum atomic E-state index is 12.5. The largest absolute Gasteiger partial charge is 0.381 e. The minimum absolute atomic E-state index is 0.0121.